The minimum absolute atomic E-state index is 0.744. The molecular weight excluding hydrogens is 124 g/mol. The number of hydrogen-bond acceptors (Lipinski definition) is 2. The second kappa shape index (κ2) is 3.94. The van der Waals surface area contributed by atoms with Crippen LogP contribution in [0.1, 0.15) is 20.3 Å². The van der Waals surface area contributed by atoms with E-state index in [2.05, 4.69) is 24.1 Å². The quantitative estimate of drug-likeness (QED) is 0.610. The van der Waals surface area contributed by atoms with Gasteiger partial charge in [0.05, 0.1) is 0 Å². The molecule has 0 aromatic heterocycles. The zero-order valence-corrected chi connectivity index (χ0v) is 7.06. The van der Waals surface area contributed by atoms with Crippen molar-refractivity contribution in [3.63, 3.8) is 0 Å². The first-order valence-corrected chi connectivity index (χ1v) is 4.32. The number of rotatable bonds is 2. The Balaban J connectivity index is 2.25. The predicted octanol–water partition coefficient (Wildman–Crippen LogP) is 0.690. The topological polar surface area (TPSA) is 15.3 Å². The van der Waals surface area contributed by atoms with Gasteiger partial charge in [-0.2, -0.15) is 0 Å². The maximum Gasteiger partial charge on any atom is 0.0192 e. The Bertz CT molecular complexity index is 83.3. The van der Waals surface area contributed by atoms with Crippen LogP contribution in [0.25, 0.3) is 0 Å². The summed E-state index contributed by atoms with van der Waals surface area (Å²) in [4.78, 5) is 2.50. The van der Waals surface area contributed by atoms with E-state index in [-0.39, 0.29) is 0 Å². The number of hydrogen-bond donors (Lipinski definition) is 1. The highest BCUT2D eigenvalue weighted by Crippen LogP contribution is 2.00. The van der Waals surface area contributed by atoms with Crippen LogP contribution in [0.5, 0.6) is 0 Å². The summed E-state index contributed by atoms with van der Waals surface area (Å²) >= 11 is 0. The van der Waals surface area contributed by atoms with Crippen molar-refractivity contribution in [3.05, 3.63) is 0 Å². The van der Waals surface area contributed by atoms with Gasteiger partial charge >= 0.3 is 0 Å². The molecule has 1 atom stereocenters. The largest absolute Gasteiger partial charge is 0.311 e. The minimum Gasteiger partial charge on any atom is -0.311 e. The van der Waals surface area contributed by atoms with Gasteiger partial charge in [0.15, 0.2) is 0 Å². The molecule has 60 valence electrons. The highest BCUT2D eigenvalue weighted by atomic mass is 15.2. The first-order valence-electron chi connectivity index (χ1n) is 4.32. The zero-order valence-electron chi connectivity index (χ0n) is 7.06. The zero-order chi connectivity index (χ0) is 7.40. The second-order valence-corrected chi connectivity index (χ2v) is 2.95. The van der Waals surface area contributed by atoms with E-state index < -0.39 is 0 Å². The maximum absolute atomic E-state index is 3.49. The fourth-order valence-electron chi connectivity index (χ4n) is 1.45. The fraction of sp³-hybridized carbons (Fsp3) is 1.00. The molecule has 1 saturated heterocycles. The molecule has 1 aliphatic heterocycles. The molecule has 1 heterocycles. The molecule has 0 aromatic rings. The molecule has 1 aliphatic rings. The van der Waals surface area contributed by atoms with Gasteiger partial charge in [0.2, 0.25) is 0 Å². The second-order valence-electron chi connectivity index (χ2n) is 2.95. The first kappa shape index (κ1) is 8.02. The van der Waals surface area contributed by atoms with Gasteiger partial charge in [-0.15, -0.1) is 0 Å². The summed E-state index contributed by atoms with van der Waals surface area (Å²) in [5.41, 5.74) is 0. The lowest BCUT2D eigenvalue weighted by atomic mass is 10.1. The highest BCUT2D eigenvalue weighted by molar-refractivity contribution is 4.76. The average Bonchev–Trinajstić information content (AvgIpc) is 2.05. The lowest BCUT2D eigenvalue weighted by Gasteiger charge is -2.32. The lowest BCUT2D eigenvalue weighted by Crippen LogP contribution is -2.50. The molecule has 0 radical (unpaired) electrons. The Morgan fingerprint density at radius 1 is 1.50 bits per heavy atom. The molecule has 1 rings (SSSR count). The van der Waals surface area contributed by atoms with E-state index in [1.807, 2.05) is 0 Å². The number of likely N-dealkylation sites (N-methyl/N-ethyl adjacent to an activating group) is 1. The maximum atomic E-state index is 3.49. The van der Waals surface area contributed by atoms with Gasteiger partial charge < -0.3 is 10.2 Å². The summed E-state index contributed by atoms with van der Waals surface area (Å²) in [5.74, 6) is 0. The van der Waals surface area contributed by atoms with E-state index in [4.69, 9.17) is 0 Å². The minimum atomic E-state index is 0.744. The van der Waals surface area contributed by atoms with Crippen LogP contribution in [0.3, 0.4) is 0 Å². The van der Waals surface area contributed by atoms with Crippen LogP contribution >= 0.6 is 0 Å². The van der Waals surface area contributed by atoms with Crippen LogP contribution in [0.2, 0.25) is 0 Å². The van der Waals surface area contributed by atoms with Gasteiger partial charge in [-0.1, -0.05) is 13.8 Å². The van der Waals surface area contributed by atoms with Crippen LogP contribution in [0, 0.1) is 0 Å². The summed E-state index contributed by atoms with van der Waals surface area (Å²) in [6.07, 6.45) is 1.26. The van der Waals surface area contributed by atoms with E-state index in [1.165, 1.54) is 32.6 Å². The van der Waals surface area contributed by atoms with Gasteiger partial charge in [0.1, 0.15) is 0 Å². The third kappa shape index (κ3) is 1.96. The molecule has 0 unspecified atom stereocenters. The van der Waals surface area contributed by atoms with Crippen molar-refractivity contribution in [2.45, 2.75) is 26.3 Å². The van der Waals surface area contributed by atoms with E-state index in [0.29, 0.717) is 0 Å². The van der Waals surface area contributed by atoms with Crippen molar-refractivity contribution in [1.29, 1.82) is 0 Å². The number of nitrogens with one attached hydrogen (secondary N) is 1. The Morgan fingerprint density at radius 2 is 2.30 bits per heavy atom. The highest BCUT2D eigenvalue weighted by Gasteiger charge is 2.15. The molecule has 1 N–H and O–H groups in total. The lowest BCUT2D eigenvalue weighted by molar-refractivity contribution is 0.206. The third-order valence-electron chi connectivity index (χ3n) is 2.28. The van der Waals surface area contributed by atoms with E-state index >= 15 is 0 Å². The predicted molar refractivity (Wildman–Crippen MR) is 44.2 cm³/mol. The monoisotopic (exact) mass is 142 g/mol. The van der Waals surface area contributed by atoms with Crippen molar-refractivity contribution in [2.24, 2.45) is 0 Å². The molecule has 0 aromatic carbocycles. The molecule has 0 amide bonds. The Labute approximate surface area is 63.6 Å². The Morgan fingerprint density at radius 3 is 2.90 bits per heavy atom. The van der Waals surface area contributed by atoms with Gasteiger partial charge in [0, 0.05) is 25.7 Å². The molecule has 10 heavy (non-hydrogen) atoms. The smallest absolute Gasteiger partial charge is 0.0192 e. The van der Waals surface area contributed by atoms with E-state index in [9.17, 15) is 0 Å². The molecule has 2 heteroatoms. The van der Waals surface area contributed by atoms with Crippen molar-refractivity contribution in [3.8, 4) is 0 Å². The SMILES string of the molecule is CC[C@@H]1CN(CC)CCN1. The van der Waals surface area contributed by atoms with Crippen LogP contribution in [-0.4, -0.2) is 37.1 Å². The molecule has 2 nitrogen and oxygen atoms in total. The summed E-state index contributed by atoms with van der Waals surface area (Å²) in [5, 5.41) is 3.49. The molecule has 0 aliphatic carbocycles. The van der Waals surface area contributed by atoms with Gasteiger partial charge in [-0.05, 0) is 13.0 Å². The molecule has 0 saturated carbocycles. The first-order chi connectivity index (χ1) is 4.86. The van der Waals surface area contributed by atoms with E-state index in [1.54, 1.807) is 0 Å². The van der Waals surface area contributed by atoms with Crippen LogP contribution in [0.4, 0.5) is 0 Å². The standard InChI is InChI=1S/C8H18N2/c1-3-8-7-10(4-2)6-5-9-8/h8-9H,3-7H2,1-2H3/t8-/m1/s1. The van der Waals surface area contributed by atoms with Gasteiger partial charge in [-0.25, -0.2) is 0 Å². The van der Waals surface area contributed by atoms with Gasteiger partial charge in [-0.3, -0.25) is 0 Å². The van der Waals surface area contributed by atoms with Crippen LogP contribution < -0.4 is 5.32 Å². The summed E-state index contributed by atoms with van der Waals surface area (Å²) in [6, 6.07) is 0.744. The van der Waals surface area contributed by atoms with Crippen molar-refractivity contribution in [1.82, 2.24) is 10.2 Å². The summed E-state index contributed by atoms with van der Waals surface area (Å²) < 4.78 is 0. The van der Waals surface area contributed by atoms with Crippen molar-refractivity contribution in [2.75, 3.05) is 26.2 Å². The fourth-order valence-corrected chi connectivity index (χ4v) is 1.45. The van der Waals surface area contributed by atoms with Crippen molar-refractivity contribution < 1.29 is 0 Å². The molecule has 1 fully saturated rings. The van der Waals surface area contributed by atoms with Crippen LogP contribution in [-0.2, 0) is 0 Å². The average molecular weight is 142 g/mol. The molecule has 0 spiro atoms. The van der Waals surface area contributed by atoms with Crippen molar-refractivity contribution >= 4 is 0 Å². The molecular formula is C8H18N2. The third-order valence-corrected chi connectivity index (χ3v) is 2.28. The van der Waals surface area contributed by atoms with E-state index in [0.717, 1.165) is 6.04 Å². The number of nitrogens with zero attached hydrogens (tertiary/aromatic N) is 1. The Hall–Kier alpha value is -0.0800. The summed E-state index contributed by atoms with van der Waals surface area (Å²) in [7, 11) is 0. The molecule has 0 bridgehead atoms. The van der Waals surface area contributed by atoms with Crippen LogP contribution in [0.15, 0.2) is 0 Å². The normalized spacial score (nSPS) is 28.8. The Kier molecular flexibility index (Phi) is 3.16. The number of piperazine rings is 1. The van der Waals surface area contributed by atoms with Gasteiger partial charge in [0.25, 0.3) is 0 Å². The summed E-state index contributed by atoms with van der Waals surface area (Å²) in [6.45, 7) is 9.33.